The molecular weight excluding hydrogens is 216 g/mol. The third-order valence-corrected chi connectivity index (χ3v) is 0.845. The number of carboxylic acids is 1. The lowest BCUT2D eigenvalue weighted by molar-refractivity contribution is -0.140. The number of ether oxygens (including phenoxy) is 1. The van der Waals surface area contributed by atoms with Crippen molar-refractivity contribution in [3.63, 3.8) is 0 Å². The van der Waals surface area contributed by atoms with Gasteiger partial charge >= 0.3 is 5.97 Å². The minimum atomic E-state index is -0.833. The molecule has 0 heterocycles. The minimum Gasteiger partial charge on any atom is -0.481 e. The zero-order valence-corrected chi connectivity index (χ0v) is 10.5. The maximum Gasteiger partial charge on any atom is 0.302 e. The number of esters is 1. The zero-order valence-electron chi connectivity index (χ0n) is 10.5. The van der Waals surface area contributed by atoms with Gasteiger partial charge in [0, 0.05) is 20.3 Å². The predicted octanol–water partition coefficient (Wildman–Crippen LogP) is 0.821. The third kappa shape index (κ3) is 132. The van der Waals surface area contributed by atoms with Crippen LogP contribution in [0.15, 0.2) is 0 Å². The Balaban J connectivity index is -0.0000000668. The molecule has 3 N–H and O–H groups in total. The van der Waals surface area contributed by atoms with E-state index < -0.39 is 5.97 Å². The smallest absolute Gasteiger partial charge is 0.302 e. The summed E-state index contributed by atoms with van der Waals surface area (Å²) in [6.07, 6.45) is 0.667. The van der Waals surface area contributed by atoms with Gasteiger partial charge in [-0.2, -0.15) is 0 Å². The van der Waals surface area contributed by atoms with Gasteiger partial charge in [0.05, 0.1) is 6.61 Å². The Bertz CT molecular complexity index is 184. The Morgan fingerprint density at radius 1 is 1.06 bits per heavy atom. The molecule has 0 aliphatic rings. The van der Waals surface area contributed by atoms with Gasteiger partial charge in [-0.25, -0.2) is 0 Å². The molecule has 0 spiro atoms. The number of carboxylic acid groups (broad SMARTS) is 1. The van der Waals surface area contributed by atoms with Gasteiger partial charge < -0.3 is 20.1 Å². The molecule has 6 nitrogen and oxygen atoms in total. The molecule has 0 fully saturated rings. The number of Topliss-reactive ketones (excluding diaryl/α,β-unsaturated/α-hetero) is 1. The Labute approximate surface area is 95.9 Å². The van der Waals surface area contributed by atoms with E-state index in [0.717, 1.165) is 6.92 Å². The molecule has 98 valence electrons. The van der Waals surface area contributed by atoms with Crippen molar-refractivity contribution in [3.8, 4) is 0 Å². The number of aliphatic carboxylic acids is 1. The van der Waals surface area contributed by atoms with E-state index in [2.05, 4.69) is 4.74 Å². The second kappa shape index (κ2) is 19.2. The van der Waals surface area contributed by atoms with Crippen molar-refractivity contribution in [3.05, 3.63) is 0 Å². The molecule has 0 amide bonds. The summed E-state index contributed by atoms with van der Waals surface area (Å²) in [5, 5.41) is 7.42. The highest BCUT2D eigenvalue weighted by molar-refractivity contribution is 5.74. The fraction of sp³-hybridized carbons (Fsp3) is 0.700. The van der Waals surface area contributed by atoms with Gasteiger partial charge in [-0.15, -0.1) is 0 Å². The van der Waals surface area contributed by atoms with Gasteiger partial charge in [0.25, 0.3) is 5.97 Å². The van der Waals surface area contributed by atoms with E-state index in [9.17, 15) is 9.59 Å². The highest BCUT2D eigenvalue weighted by atomic mass is 16.5. The minimum absolute atomic E-state index is 0. The normalized spacial score (nSPS) is 6.81. The second-order valence-corrected chi connectivity index (χ2v) is 2.50. The number of ketones is 1. The summed E-state index contributed by atoms with van der Waals surface area (Å²) in [5.74, 6) is -0.789. The lowest BCUT2D eigenvalue weighted by Gasteiger charge is -1.89. The summed E-state index contributed by atoms with van der Waals surface area (Å²) in [6, 6.07) is 0. The van der Waals surface area contributed by atoms with Crippen LogP contribution in [0, 0.1) is 0 Å². The van der Waals surface area contributed by atoms with E-state index in [0.29, 0.717) is 13.0 Å². The number of carbonyl (C=O) groups excluding carboxylic acids is 2. The standard InChI is InChI=1S/C4H8O2.C4H8O.C2H4O2.H2O/c1-3-6-4(2)5;1-3-4(2)5;1-2(3)4;/h3H2,1-2H3;3H2,1-2H3;1H3,(H,3,4);1H2. The first kappa shape index (κ1) is 24.0. The van der Waals surface area contributed by atoms with Gasteiger partial charge in [0.1, 0.15) is 5.78 Å². The van der Waals surface area contributed by atoms with E-state index in [1.807, 2.05) is 6.92 Å². The van der Waals surface area contributed by atoms with Gasteiger partial charge in [-0.1, -0.05) is 6.92 Å². The van der Waals surface area contributed by atoms with Crippen molar-refractivity contribution in [1.29, 1.82) is 0 Å². The molecule has 0 aliphatic heterocycles. The van der Waals surface area contributed by atoms with E-state index in [4.69, 9.17) is 9.90 Å². The first-order chi connectivity index (χ1) is 6.77. The molecule has 0 bridgehead atoms. The Hall–Kier alpha value is -1.43. The average Bonchev–Trinajstić information content (AvgIpc) is 2.03. The topological polar surface area (TPSA) is 112 Å². The van der Waals surface area contributed by atoms with Gasteiger partial charge in [-0.05, 0) is 13.8 Å². The van der Waals surface area contributed by atoms with Crippen LogP contribution in [0.1, 0.15) is 41.0 Å². The van der Waals surface area contributed by atoms with Crippen molar-refractivity contribution in [2.24, 2.45) is 0 Å². The van der Waals surface area contributed by atoms with Crippen LogP contribution < -0.4 is 0 Å². The highest BCUT2D eigenvalue weighted by Gasteiger charge is 1.81. The Morgan fingerprint density at radius 3 is 1.31 bits per heavy atom. The summed E-state index contributed by atoms with van der Waals surface area (Å²) >= 11 is 0. The van der Waals surface area contributed by atoms with Crippen LogP contribution in [0.4, 0.5) is 0 Å². The van der Waals surface area contributed by atoms with Crippen LogP contribution in [0.25, 0.3) is 0 Å². The number of rotatable bonds is 2. The largest absolute Gasteiger partial charge is 0.481 e. The van der Waals surface area contributed by atoms with Crippen LogP contribution >= 0.6 is 0 Å². The SMILES string of the molecule is CC(=O)O.CCC(C)=O.CCOC(C)=O.O. The van der Waals surface area contributed by atoms with Crippen LogP contribution in [0.3, 0.4) is 0 Å². The molecule has 0 atom stereocenters. The molecule has 16 heavy (non-hydrogen) atoms. The summed E-state index contributed by atoms with van der Waals surface area (Å²) in [7, 11) is 0. The molecule has 0 radical (unpaired) electrons. The highest BCUT2D eigenvalue weighted by Crippen LogP contribution is 1.71. The van der Waals surface area contributed by atoms with Crippen LogP contribution in [0.5, 0.6) is 0 Å². The van der Waals surface area contributed by atoms with E-state index >= 15 is 0 Å². The van der Waals surface area contributed by atoms with Crippen molar-refractivity contribution >= 4 is 17.7 Å². The molecule has 0 aromatic carbocycles. The molecule has 0 saturated heterocycles. The zero-order chi connectivity index (χ0) is 12.9. The predicted molar refractivity (Wildman–Crippen MR) is 60.2 cm³/mol. The summed E-state index contributed by atoms with van der Waals surface area (Å²) in [4.78, 5) is 28.6. The van der Waals surface area contributed by atoms with Gasteiger partial charge in [-0.3, -0.25) is 9.59 Å². The maximum absolute atomic E-state index is 9.82. The third-order valence-electron chi connectivity index (χ3n) is 0.845. The summed E-state index contributed by atoms with van der Waals surface area (Å²) < 4.78 is 4.40. The quantitative estimate of drug-likeness (QED) is 0.715. The van der Waals surface area contributed by atoms with Crippen molar-refractivity contribution < 1.29 is 29.7 Å². The summed E-state index contributed by atoms with van der Waals surface area (Å²) in [6.45, 7) is 8.17. The molecule has 0 rings (SSSR count). The van der Waals surface area contributed by atoms with Gasteiger partial charge in [0.2, 0.25) is 0 Å². The fourth-order valence-electron chi connectivity index (χ4n) is 0.203. The molecule has 0 aromatic rings. The van der Waals surface area contributed by atoms with Crippen LogP contribution in [0.2, 0.25) is 0 Å². The molecule has 6 heteroatoms. The monoisotopic (exact) mass is 238 g/mol. The lowest BCUT2D eigenvalue weighted by atomic mass is 10.4. The number of hydrogen-bond donors (Lipinski definition) is 1. The summed E-state index contributed by atoms with van der Waals surface area (Å²) in [5.41, 5.74) is 0. The van der Waals surface area contributed by atoms with Crippen molar-refractivity contribution in [1.82, 2.24) is 0 Å². The number of hydrogen-bond acceptors (Lipinski definition) is 4. The number of carbonyl (C=O) groups is 3. The van der Waals surface area contributed by atoms with Crippen molar-refractivity contribution in [2.45, 2.75) is 41.0 Å². The Kier molecular flexibility index (Phi) is 28.8. The molecule has 0 unspecified atom stereocenters. The van der Waals surface area contributed by atoms with Crippen molar-refractivity contribution in [2.75, 3.05) is 6.61 Å². The Morgan fingerprint density at radius 2 is 1.31 bits per heavy atom. The van der Waals surface area contributed by atoms with E-state index in [1.165, 1.54) is 6.92 Å². The molecular formula is C10H22O6. The van der Waals surface area contributed by atoms with Crippen LogP contribution in [-0.2, 0) is 19.1 Å². The first-order valence-electron chi connectivity index (χ1n) is 4.60. The average molecular weight is 238 g/mol. The van der Waals surface area contributed by atoms with E-state index in [-0.39, 0.29) is 17.2 Å². The van der Waals surface area contributed by atoms with Crippen LogP contribution in [-0.4, -0.2) is 34.9 Å². The fourth-order valence-corrected chi connectivity index (χ4v) is 0.203. The molecule has 0 aromatic heterocycles. The van der Waals surface area contributed by atoms with Gasteiger partial charge in [0.15, 0.2) is 0 Å². The second-order valence-electron chi connectivity index (χ2n) is 2.50. The first-order valence-corrected chi connectivity index (χ1v) is 4.60. The van der Waals surface area contributed by atoms with E-state index in [1.54, 1.807) is 13.8 Å². The maximum atomic E-state index is 9.82. The lowest BCUT2D eigenvalue weighted by Crippen LogP contribution is -1.95. The molecule has 0 saturated carbocycles. The molecule has 0 aliphatic carbocycles.